The summed E-state index contributed by atoms with van der Waals surface area (Å²) in [4.78, 5) is 32.9. The Balaban J connectivity index is 2.72. The molecule has 0 aromatic heterocycles. The van der Waals surface area contributed by atoms with Crippen molar-refractivity contribution in [2.75, 3.05) is 11.9 Å². The van der Waals surface area contributed by atoms with Crippen molar-refractivity contribution in [3.8, 4) is 6.07 Å². The van der Waals surface area contributed by atoms with Crippen LogP contribution < -0.4 is 10.6 Å². The average Bonchev–Trinajstić information content (AvgIpc) is 2.46. The van der Waals surface area contributed by atoms with Crippen LogP contribution in [0.3, 0.4) is 0 Å². The molecule has 0 saturated carbocycles. The van der Waals surface area contributed by atoms with Gasteiger partial charge >= 0.3 is 5.97 Å². The molecule has 0 aliphatic rings. The summed E-state index contributed by atoms with van der Waals surface area (Å²) in [6, 6.07) is 8.12. The van der Waals surface area contributed by atoms with Crippen LogP contribution in [0, 0.1) is 11.3 Å². The molecule has 108 valence electrons. The van der Waals surface area contributed by atoms with Crippen molar-refractivity contribution in [2.24, 2.45) is 0 Å². The molecule has 1 amide bonds. The quantitative estimate of drug-likeness (QED) is 0.406. The van der Waals surface area contributed by atoms with Gasteiger partial charge in [-0.2, -0.15) is 5.26 Å². The fourth-order valence-electron chi connectivity index (χ4n) is 1.36. The topological polar surface area (TPSA) is 119 Å². The maximum Gasteiger partial charge on any atom is 0.322 e. The van der Waals surface area contributed by atoms with Crippen molar-refractivity contribution in [1.29, 1.82) is 5.26 Å². The molecule has 0 bridgehead atoms. The molecule has 1 aromatic rings. The van der Waals surface area contributed by atoms with Crippen LogP contribution in [-0.4, -0.2) is 29.3 Å². The van der Waals surface area contributed by atoms with E-state index in [-0.39, 0.29) is 11.4 Å². The summed E-state index contributed by atoms with van der Waals surface area (Å²) in [6.45, 7) is 0.883. The highest BCUT2D eigenvalue weighted by Gasteiger charge is 2.09. The Labute approximate surface area is 120 Å². The zero-order valence-electron chi connectivity index (χ0n) is 11.2. The number of nitrogens with one attached hydrogen (secondary N) is 2. The van der Waals surface area contributed by atoms with E-state index in [1.54, 1.807) is 30.3 Å². The smallest absolute Gasteiger partial charge is 0.322 e. The van der Waals surface area contributed by atoms with Crippen LogP contribution in [0.15, 0.2) is 36.0 Å². The number of hydrogen-bond acceptors (Lipinski definition) is 5. The number of rotatable bonds is 6. The molecule has 0 saturated heterocycles. The van der Waals surface area contributed by atoms with Crippen molar-refractivity contribution in [3.05, 3.63) is 41.6 Å². The van der Waals surface area contributed by atoms with Gasteiger partial charge in [-0.3, -0.25) is 14.4 Å². The number of nitrogens with zero attached hydrogens (tertiary/aromatic N) is 1. The number of benzene rings is 1. The van der Waals surface area contributed by atoms with Gasteiger partial charge in [0.1, 0.15) is 18.2 Å². The van der Waals surface area contributed by atoms with E-state index in [4.69, 9.17) is 10.4 Å². The van der Waals surface area contributed by atoms with Crippen LogP contribution >= 0.6 is 0 Å². The van der Waals surface area contributed by atoms with Crippen LogP contribution in [0.5, 0.6) is 0 Å². The molecule has 3 N–H and O–H groups in total. The molecule has 1 aromatic carbocycles. The molecule has 7 nitrogen and oxygen atoms in total. The van der Waals surface area contributed by atoms with Crippen molar-refractivity contribution in [1.82, 2.24) is 5.32 Å². The van der Waals surface area contributed by atoms with E-state index >= 15 is 0 Å². The first kappa shape index (κ1) is 15.9. The van der Waals surface area contributed by atoms with Crippen molar-refractivity contribution >= 4 is 23.3 Å². The minimum Gasteiger partial charge on any atom is -0.480 e. The Hall–Kier alpha value is -3.14. The Morgan fingerprint density at radius 1 is 1.29 bits per heavy atom. The summed E-state index contributed by atoms with van der Waals surface area (Å²) in [6.07, 6.45) is 1.17. The number of carbonyl (C=O) groups is 3. The molecule has 7 heteroatoms. The molecule has 0 radical (unpaired) electrons. The average molecular weight is 287 g/mol. The van der Waals surface area contributed by atoms with Gasteiger partial charge in [0.2, 0.25) is 0 Å². The summed E-state index contributed by atoms with van der Waals surface area (Å²) in [5, 5.41) is 22.1. The number of aliphatic carboxylic acids is 1. The van der Waals surface area contributed by atoms with Gasteiger partial charge in [0.05, 0.1) is 0 Å². The zero-order chi connectivity index (χ0) is 15.8. The normalized spacial score (nSPS) is 10.4. The van der Waals surface area contributed by atoms with Gasteiger partial charge in [-0.05, 0) is 31.2 Å². The summed E-state index contributed by atoms with van der Waals surface area (Å²) >= 11 is 0. The predicted molar refractivity (Wildman–Crippen MR) is 74.4 cm³/mol. The highest BCUT2D eigenvalue weighted by atomic mass is 16.4. The minimum atomic E-state index is -1.20. The standard InChI is InChI=1S/C14H13N3O4/c1-9(18)10-2-4-12(5-3-10)16-7-11(6-15)14(21)17-8-13(19)20/h2-5,7,16H,8H2,1H3,(H,17,21)(H,19,20)/b11-7-. The summed E-state index contributed by atoms with van der Waals surface area (Å²) in [5.41, 5.74) is 0.870. The van der Waals surface area contributed by atoms with Gasteiger partial charge < -0.3 is 15.7 Å². The Morgan fingerprint density at radius 3 is 2.38 bits per heavy atom. The van der Waals surface area contributed by atoms with Gasteiger partial charge in [-0.25, -0.2) is 0 Å². The second kappa shape index (κ2) is 7.45. The summed E-state index contributed by atoms with van der Waals surface area (Å²) < 4.78 is 0. The summed E-state index contributed by atoms with van der Waals surface area (Å²) in [5.74, 6) is -2.05. The van der Waals surface area contributed by atoms with E-state index in [0.717, 1.165) is 0 Å². The molecule has 0 atom stereocenters. The van der Waals surface area contributed by atoms with E-state index in [9.17, 15) is 14.4 Å². The molecule has 0 spiro atoms. The second-order valence-electron chi connectivity index (χ2n) is 4.02. The molecule has 0 unspecified atom stereocenters. The van der Waals surface area contributed by atoms with E-state index in [2.05, 4.69) is 10.6 Å². The fourth-order valence-corrected chi connectivity index (χ4v) is 1.36. The van der Waals surface area contributed by atoms with E-state index in [1.165, 1.54) is 13.1 Å². The lowest BCUT2D eigenvalue weighted by atomic mass is 10.1. The monoisotopic (exact) mass is 287 g/mol. The van der Waals surface area contributed by atoms with Crippen molar-refractivity contribution < 1.29 is 19.5 Å². The third-order valence-electron chi connectivity index (χ3n) is 2.44. The molecular weight excluding hydrogens is 274 g/mol. The first-order valence-corrected chi connectivity index (χ1v) is 5.92. The first-order chi connectivity index (χ1) is 9.93. The Kier molecular flexibility index (Phi) is 5.65. The number of carboxylic acid groups (broad SMARTS) is 1. The third-order valence-corrected chi connectivity index (χ3v) is 2.44. The maximum absolute atomic E-state index is 11.5. The first-order valence-electron chi connectivity index (χ1n) is 5.92. The van der Waals surface area contributed by atoms with E-state index < -0.39 is 18.4 Å². The number of Topliss-reactive ketones (excluding diaryl/α,β-unsaturated/α-hetero) is 1. The molecule has 0 heterocycles. The second-order valence-corrected chi connectivity index (χ2v) is 4.02. The molecule has 0 fully saturated rings. The fraction of sp³-hybridized carbons (Fsp3) is 0.143. The Morgan fingerprint density at radius 2 is 1.90 bits per heavy atom. The molecule has 21 heavy (non-hydrogen) atoms. The Bertz CT molecular complexity index is 627. The summed E-state index contributed by atoms with van der Waals surface area (Å²) in [7, 11) is 0. The number of carbonyl (C=O) groups excluding carboxylic acids is 2. The largest absolute Gasteiger partial charge is 0.480 e. The van der Waals surface area contributed by atoms with Gasteiger partial charge in [-0.1, -0.05) is 0 Å². The van der Waals surface area contributed by atoms with Crippen LogP contribution in [0.4, 0.5) is 5.69 Å². The van der Waals surface area contributed by atoms with E-state index in [0.29, 0.717) is 11.3 Å². The third kappa shape index (κ3) is 5.16. The van der Waals surface area contributed by atoms with Crippen LogP contribution in [0.2, 0.25) is 0 Å². The molecule has 1 rings (SSSR count). The lowest BCUT2D eigenvalue weighted by Crippen LogP contribution is -2.30. The number of anilines is 1. The van der Waals surface area contributed by atoms with E-state index in [1.807, 2.05) is 0 Å². The zero-order valence-corrected chi connectivity index (χ0v) is 11.2. The molecule has 0 aliphatic carbocycles. The van der Waals surface area contributed by atoms with Crippen molar-refractivity contribution in [2.45, 2.75) is 6.92 Å². The lowest BCUT2D eigenvalue weighted by molar-refractivity contribution is -0.137. The highest BCUT2D eigenvalue weighted by molar-refractivity contribution is 5.98. The number of hydrogen-bond donors (Lipinski definition) is 3. The maximum atomic E-state index is 11.5. The van der Waals surface area contributed by atoms with Crippen molar-refractivity contribution in [3.63, 3.8) is 0 Å². The SMILES string of the molecule is CC(=O)c1ccc(N/C=C(/C#N)C(=O)NCC(=O)O)cc1. The minimum absolute atomic E-state index is 0.0668. The number of ketones is 1. The van der Waals surface area contributed by atoms with Gasteiger partial charge in [0.15, 0.2) is 5.78 Å². The molecule has 0 aliphatic heterocycles. The predicted octanol–water partition coefficient (Wildman–Crippen LogP) is 0.909. The van der Waals surface area contributed by atoms with Gasteiger partial charge in [0.25, 0.3) is 5.91 Å². The van der Waals surface area contributed by atoms with Gasteiger partial charge in [0, 0.05) is 17.5 Å². The number of amides is 1. The van der Waals surface area contributed by atoms with Crippen LogP contribution in [0.1, 0.15) is 17.3 Å². The number of nitriles is 1. The van der Waals surface area contributed by atoms with Crippen LogP contribution in [-0.2, 0) is 9.59 Å². The lowest BCUT2D eigenvalue weighted by Gasteiger charge is -2.04. The number of carboxylic acids is 1. The van der Waals surface area contributed by atoms with Crippen LogP contribution in [0.25, 0.3) is 0 Å². The highest BCUT2D eigenvalue weighted by Crippen LogP contribution is 2.10. The van der Waals surface area contributed by atoms with Gasteiger partial charge in [-0.15, -0.1) is 0 Å². The molecular formula is C14H13N3O4.